The normalized spacial score (nSPS) is 10.7. The summed E-state index contributed by atoms with van der Waals surface area (Å²) in [5.74, 6) is 1.51. The number of ether oxygens (including phenoxy) is 1. The van der Waals surface area contributed by atoms with Crippen LogP contribution in [0.25, 0.3) is 11.1 Å². The number of phenols is 2. The van der Waals surface area contributed by atoms with Gasteiger partial charge in [-0.05, 0) is 83.9 Å². The van der Waals surface area contributed by atoms with E-state index in [1.807, 2.05) is 42.5 Å². The Balaban J connectivity index is 1.47. The highest BCUT2D eigenvalue weighted by Crippen LogP contribution is 2.36. The van der Waals surface area contributed by atoms with Crippen molar-refractivity contribution in [3.05, 3.63) is 95.0 Å². The van der Waals surface area contributed by atoms with E-state index >= 15 is 0 Å². The zero-order valence-corrected chi connectivity index (χ0v) is 17.9. The molecule has 0 aliphatic rings. The van der Waals surface area contributed by atoms with Crippen molar-refractivity contribution in [2.45, 2.75) is 9.79 Å². The van der Waals surface area contributed by atoms with Gasteiger partial charge in [-0.1, -0.05) is 47.1 Å². The Bertz CT molecular complexity index is 1180. The van der Waals surface area contributed by atoms with Crippen LogP contribution in [0.3, 0.4) is 0 Å². The SMILES string of the molecule is Oc1ccc(Sc2ccc(Oc3ccc(-c4ccc(O)c(Cl)c4)cc3Cl)cc2)cc1. The van der Waals surface area contributed by atoms with E-state index in [1.54, 1.807) is 54.2 Å². The lowest BCUT2D eigenvalue weighted by Gasteiger charge is -2.11. The molecule has 4 aromatic rings. The van der Waals surface area contributed by atoms with Gasteiger partial charge in [0.2, 0.25) is 0 Å². The summed E-state index contributed by atoms with van der Waals surface area (Å²) >= 11 is 14.0. The third-order valence-corrected chi connectivity index (χ3v) is 5.95. The Hall–Kier alpha value is -2.79. The van der Waals surface area contributed by atoms with Crippen molar-refractivity contribution in [3.63, 3.8) is 0 Å². The zero-order chi connectivity index (χ0) is 21.1. The Morgan fingerprint density at radius 2 is 1.20 bits per heavy atom. The maximum Gasteiger partial charge on any atom is 0.146 e. The van der Waals surface area contributed by atoms with Crippen LogP contribution in [0.15, 0.2) is 94.7 Å². The van der Waals surface area contributed by atoms with Crippen LogP contribution in [0.5, 0.6) is 23.0 Å². The molecule has 0 atom stereocenters. The molecule has 0 radical (unpaired) electrons. The molecule has 0 spiro atoms. The number of benzene rings is 4. The summed E-state index contributed by atoms with van der Waals surface area (Å²) in [6.45, 7) is 0. The molecule has 0 bridgehead atoms. The third kappa shape index (κ3) is 4.85. The van der Waals surface area contributed by atoms with Gasteiger partial charge in [-0.15, -0.1) is 0 Å². The number of aromatic hydroxyl groups is 2. The molecule has 3 nitrogen and oxygen atoms in total. The second kappa shape index (κ2) is 8.92. The summed E-state index contributed by atoms with van der Waals surface area (Å²) < 4.78 is 5.92. The first-order valence-electron chi connectivity index (χ1n) is 9.01. The van der Waals surface area contributed by atoms with Crippen LogP contribution in [-0.2, 0) is 0 Å². The molecule has 0 saturated carbocycles. The first kappa shape index (κ1) is 20.5. The van der Waals surface area contributed by atoms with Crippen LogP contribution >= 0.6 is 35.0 Å². The van der Waals surface area contributed by atoms with Crippen LogP contribution in [0.2, 0.25) is 10.0 Å². The van der Waals surface area contributed by atoms with Crippen LogP contribution < -0.4 is 4.74 Å². The van der Waals surface area contributed by atoms with Crippen molar-refractivity contribution in [1.82, 2.24) is 0 Å². The van der Waals surface area contributed by atoms with Gasteiger partial charge in [0.25, 0.3) is 0 Å². The molecular weight excluding hydrogens is 439 g/mol. The lowest BCUT2D eigenvalue weighted by molar-refractivity contribution is 0.474. The number of hydrogen-bond donors (Lipinski definition) is 2. The van der Waals surface area contributed by atoms with E-state index in [0.717, 1.165) is 20.9 Å². The standard InChI is InChI=1S/C24H16Cl2O3S/c25-21-13-15(1-11-23(21)28)16-2-12-24(22(26)14-16)29-18-5-9-20(10-6-18)30-19-7-3-17(27)4-8-19/h1-14,27-28H. The quantitative estimate of drug-likeness (QED) is 0.320. The van der Waals surface area contributed by atoms with Crippen molar-refractivity contribution >= 4 is 35.0 Å². The van der Waals surface area contributed by atoms with Gasteiger partial charge >= 0.3 is 0 Å². The lowest BCUT2D eigenvalue weighted by atomic mass is 10.1. The summed E-state index contributed by atoms with van der Waals surface area (Å²) in [4.78, 5) is 2.09. The average Bonchev–Trinajstić information content (AvgIpc) is 2.74. The van der Waals surface area contributed by atoms with Crippen LogP contribution in [-0.4, -0.2) is 10.2 Å². The summed E-state index contributed by atoms with van der Waals surface area (Å²) in [6.07, 6.45) is 0. The molecule has 0 fully saturated rings. The van der Waals surface area contributed by atoms with E-state index in [-0.39, 0.29) is 16.5 Å². The highest BCUT2D eigenvalue weighted by molar-refractivity contribution is 7.99. The number of hydrogen-bond acceptors (Lipinski definition) is 4. The number of phenolic OH excluding ortho intramolecular Hbond substituents is 2. The molecule has 2 N–H and O–H groups in total. The summed E-state index contributed by atoms with van der Waals surface area (Å²) in [5.41, 5.74) is 1.72. The number of rotatable bonds is 5. The van der Waals surface area contributed by atoms with E-state index in [1.165, 1.54) is 0 Å². The Morgan fingerprint density at radius 1 is 0.633 bits per heavy atom. The largest absolute Gasteiger partial charge is 0.508 e. The first-order chi connectivity index (χ1) is 14.5. The van der Waals surface area contributed by atoms with Gasteiger partial charge in [0.15, 0.2) is 0 Å². The van der Waals surface area contributed by atoms with Gasteiger partial charge in [-0.25, -0.2) is 0 Å². The smallest absolute Gasteiger partial charge is 0.146 e. The molecular formula is C24H16Cl2O3S. The van der Waals surface area contributed by atoms with Gasteiger partial charge in [-0.2, -0.15) is 0 Å². The van der Waals surface area contributed by atoms with Gasteiger partial charge in [0.1, 0.15) is 23.0 Å². The van der Waals surface area contributed by atoms with Crippen LogP contribution in [0.4, 0.5) is 0 Å². The average molecular weight is 455 g/mol. The summed E-state index contributed by atoms with van der Waals surface area (Å²) in [7, 11) is 0. The first-order valence-corrected chi connectivity index (χ1v) is 10.6. The van der Waals surface area contributed by atoms with E-state index in [4.69, 9.17) is 27.9 Å². The molecule has 0 saturated heterocycles. The van der Waals surface area contributed by atoms with Gasteiger partial charge < -0.3 is 14.9 Å². The Morgan fingerprint density at radius 3 is 1.80 bits per heavy atom. The van der Waals surface area contributed by atoms with Crippen molar-refractivity contribution in [2.75, 3.05) is 0 Å². The molecule has 150 valence electrons. The molecule has 4 rings (SSSR count). The Kier molecular flexibility index (Phi) is 6.09. The van der Waals surface area contributed by atoms with Crippen molar-refractivity contribution < 1.29 is 14.9 Å². The molecule has 0 aliphatic heterocycles. The molecule has 4 aromatic carbocycles. The van der Waals surface area contributed by atoms with Crippen LogP contribution in [0.1, 0.15) is 0 Å². The second-order valence-corrected chi connectivity index (χ2v) is 8.44. The van der Waals surface area contributed by atoms with Crippen molar-refractivity contribution in [1.29, 1.82) is 0 Å². The van der Waals surface area contributed by atoms with E-state index in [9.17, 15) is 10.2 Å². The predicted molar refractivity (Wildman–Crippen MR) is 122 cm³/mol. The topological polar surface area (TPSA) is 49.7 Å². The molecule has 30 heavy (non-hydrogen) atoms. The summed E-state index contributed by atoms with van der Waals surface area (Å²) in [5, 5.41) is 19.7. The molecule has 0 heterocycles. The third-order valence-electron chi connectivity index (χ3n) is 4.34. The van der Waals surface area contributed by atoms with E-state index < -0.39 is 0 Å². The summed E-state index contributed by atoms with van der Waals surface area (Å²) in [6, 6.07) is 25.3. The van der Waals surface area contributed by atoms with Gasteiger partial charge in [-0.3, -0.25) is 0 Å². The predicted octanol–water partition coefficient (Wildman–Crippen LogP) is 8.02. The second-order valence-electron chi connectivity index (χ2n) is 6.48. The minimum Gasteiger partial charge on any atom is -0.508 e. The fraction of sp³-hybridized carbons (Fsp3) is 0. The highest BCUT2D eigenvalue weighted by Gasteiger charge is 2.08. The minimum atomic E-state index is 0.0403. The van der Waals surface area contributed by atoms with Gasteiger partial charge in [0.05, 0.1) is 10.0 Å². The fourth-order valence-electron chi connectivity index (χ4n) is 2.80. The maximum atomic E-state index is 9.58. The molecule has 0 aliphatic carbocycles. The van der Waals surface area contributed by atoms with E-state index in [0.29, 0.717) is 16.5 Å². The molecule has 0 aromatic heterocycles. The zero-order valence-electron chi connectivity index (χ0n) is 15.5. The van der Waals surface area contributed by atoms with Crippen molar-refractivity contribution in [3.8, 4) is 34.1 Å². The molecule has 0 amide bonds. The van der Waals surface area contributed by atoms with Crippen LogP contribution in [0, 0.1) is 0 Å². The van der Waals surface area contributed by atoms with Crippen molar-refractivity contribution in [2.24, 2.45) is 0 Å². The molecule has 6 heteroatoms. The van der Waals surface area contributed by atoms with E-state index in [2.05, 4.69) is 0 Å². The minimum absolute atomic E-state index is 0.0403. The maximum absolute atomic E-state index is 9.58. The Labute approximate surface area is 188 Å². The number of halogens is 2. The highest BCUT2D eigenvalue weighted by atomic mass is 35.5. The monoisotopic (exact) mass is 454 g/mol. The lowest BCUT2D eigenvalue weighted by Crippen LogP contribution is -1.87. The fourth-order valence-corrected chi connectivity index (χ4v) is 4.02. The molecule has 0 unspecified atom stereocenters. The van der Waals surface area contributed by atoms with Gasteiger partial charge in [0, 0.05) is 9.79 Å².